The molecule has 1 aromatic rings. The summed E-state index contributed by atoms with van der Waals surface area (Å²) in [6, 6.07) is 3.84. The molecule has 1 saturated carbocycles. The molecule has 1 N–H and O–H groups in total. The predicted octanol–water partition coefficient (Wildman–Crippen LogP) is 3.02. The van der Waals surface area contributed by atoms with Gasteiger partial charge in [-0.2, -0.15) is 0 Å². The van der Waals surface area contributed by atoms with Crippen molar-refractivity contribution in [3.05, 3.63) is 22.7 Å². The van der Waals surface area contributed by atoms with Crippen molar-refractivity contribution in [3.63, 3.8) is 0 Å². The Hall–Kier alpha value is -0.970. The van der Waals surface area contributed by atoms with Crippen molar-refractivity contribution in [2.45, 2.75) is 31.4 Å². The molecule has 0 spiro atoms. The van der Waals surface area contributed by atoms with Crippen LogP contribution in [-0.4, -0.2) is 33.5 Å². The molecule has 1 aliphatic carbocycles. The molecule has 0 unspecified atom stereocenters. The van der Waals surface area contributed by atoms with Gasteiger partial charge >= 0.3 is 0 Å². The number of benzene rings is 1. The SMILES string of the molecule is COc1cc(CNCC2(OC)CCC2)cc(Cl)c1OC. The molecule has 0 heterocycles. The molecule has 0 radical (unpaired) electrons. The van der Waals surface area contributed by atoms with E-state index in [0.717, 1.165) is 31.5 Å². The number of nitrogens with one attached hydrogen (secondary N) is 1. The Balaban J connectivity index is 1.97. The average Bonchev–Trinajstić information content (AvgIpc) is 2.41. The second kappa shape index (κ2) is 6.66. The number of ether oxygens (including phenoxy) is 3. The lowest BCUT2D eigenvalue weighted by molar-refractivity contribution is -0.0695. The van der Waals surface area contributed by atoms with Gasteiger partial charge in [-0.1, -0.05) is 11.6 Å². The summed E-state index contributed by atoms with van der Waals surface area (Å²) in [4.78, 5) is 0. The van der Waals surface area contributed by atoms with Gasteiger partial charge in [-0.05, 0) is 37.0 Å². The first-order valence-corrected chi connectivity index (χ1v) is 7.18. The van der Waals surface area contributed by atoms with Gasteiger partial charge in [0.1, 0.15) is 0 Å². The molecule has 5 heteroatoms. The Kier molecular flexibility index (Phi) is 5.13. The van der Waals surface area contributed by atoms with Crippen LogP contribution in [0.25, 0.3) is 0 Å². The smallest absolute Gasteiger partial charge is 0.179 e. The van der Waals surface area contributed by atoms with Gasteiger partial charge in [0.15, 0.2) is 11.5 Å². The van der Waals surface area contributed by atoms with E-state index in [1.165, 1.54) is 6.42 Å². The van der Waals surface area contributed by atoms with Gasteiger partial charge in [0.2, 0.25) is 0 Å². The Labute approximate surface area is 125 Å². The molecule has 0 bridgehead atoms. The lowest BCUT2D eigenvalue weighted by Crippen LogP contribution is -2.47. The van der Waals surface area contributed by atoms with Crippen LogP contribution in [0.1, 0.15) is 24.8 Å². The summed E-state index contributed by atoms with van der Waals surface area (Å²) in [7, 11) is 4.98. The van der Waals surface area contributed by atoms with Crippen molar-refractivity contribution in [2.75, 3.05) is 27.9 Å². The number of methoxy groups -OCH3 is 3. The Morgan fingerprint density at radius 2 is 1.95 bits per heavy atom. The van der Waals surface area contributed by atoms with Crippen molar-refractivity contribution in [1.29, 1.82) is 0 Å². The highest BCUT2D eigenvalue weighted by molar-refractivity contribution is 6.32. The van der Waals surface area contributed by atoms with Gasteiger partial charge in [0.05, 0.1) is 24.8 Å². The Morgan fingerprint density at radius 3 is 2.45 bits per heavy atom. The van der Waals surface area contributed by atoms with Gasteiger partial charge < -0.3 is 19.5 Å². The molecule has 0 atom stereocenters. The highest BCUT2D eigenvalue weighted by Crippen LogP contribution is 2.36. The second-order valence-corrected chi connectivity index (χ2v) is 5.56. The van der Waals surface area contributed by atoms with Crippen LogP contribution in [0.3, 0.4) is 0 Å². The zero-order valence-electron chi connectivity index (χ0n) is 12.3. The summed E-state index contributed by atoms with van der Waals surface area (Å²) in [6.45, 7) is 1.58. The summed E-state index contributed by atoms with van der Waals surface area (Å²) in [5.74, 6) is 1.23. The van der Waals surface area contributed by atoms with E-state index < -0.39 is 0 Å². The van der Waals surface area contributed by atoms with Gasteiger partial charge in [0.25, 0.3) is 0 Å². The van der Waals surface area contributed by atoms with Crippen molar-refractivity contribution in [2.24, 2.45) is 0 Å². The molecule has 0 aliphatic heterocycles. The van der Waals surface area contributed by atoms with E-state index in [2.05, 4.69) is 5.32 Å². The predicted molar refractivity (Wildman–Crippen MR) is 79.9 cm³/mol. The fraction of sp³-hybridized carbons (Fsp3) is 0.600. The van der Waals surface area contributed by atoms with Crippen LogP contribution in [0, 0.1) is 0 Å². The van der Waals surface area contributed by atoms with Gasteiger partial charge in [-0.3, -0.25) is 0 Å². The van der Waals surface area contributed by atoms with Gasteiger partial charge in [-0.25, -0.2) is 0 Å². The van der Waals surface area contributed by atoms with Crippen LogP contribution in [-0.2, 0) is 11.3 Å². The third-order valence-corrected chi connectivity index (χ3v) is 4.25. The van der Waals surface area contributed by atoms with Crippen LogP contribution < -0.4 is 14.8 Å². The van der Waals surface area contributed by atoms with E-state index in [0.29, 0.717) is 16.5 Å². The monoisotopic (exact) mass is 299 g/mol. The average molecular weight is 300 g/mol. The molecule has 2 rings (SSSR count). The molecule has 0 saturated heterocycles. The molecule has 1 aliphatic rings. The zero-order chi connectivity index (χ0) is 14.6. The van der Waals surface area contributed by atoms with Crippen LogP contribution in [0.15, 0.2) is 12.1 Å². The van der Waals surface area contributed by atoms with E-state index >= 15 is 0 Å². The first kappa shape index (κ1) is 15.4. The maximum absolute atomic E-state index is 6.19. The second-order valence-electron chi connectivity index (χ2n) is 5.16. The molecule has 20 heavy (non-hydrogen) atoms. The van der Waals surface area contributed by atoms with Crippen LogP contribution in [0.2, 0.25) is 5.02 Å². The first-order chi connectivity index (χ1) is 9.64. The maximum atomic E-state index is 6.19. The van der Waals surface area contributed by atoms with E-state index in [9.17, 15) is 0 Å². The highest BCUT2D eigenvalue weighted by atomic mass is 35.5. The van der Waals surface area contributed by atoms with E-state index in [-0.39, 0.29) is 5.60 Å². The number of rotatable bonds is 7. The van der Waals surface area contributed by atoms with Crippen LogP contribution >= 0.6 is 11.6 Å². The van der Waals surface area contributed by atoms with Gasteiger partial charge in [-0.15, -0.1) is 0 Å². The minimum atomic E-state index is 0.0281. The molecule has 0 amide bonds. The molecule has 1 fully saturated rings. The molecular formula is C15H22ClNO3. The minimum Gasteiger partial charge on any atom is -0.493 e. The third-order valence-electron chi connectivity index (χ3n) is 3.97. The fourth-order valence-electron chi connectivity index (χ4n) is 2.53. The third kappa shape index (κ3) is 3.19. The Bertz CT molecular complexity index is 455. The van der Waals surface area contributed by atoms with Crippen molar-refractivity contribution < 1.29 is 14.2 Å². The number of hydrogen-bond acceptors (Lipinski definition) is 4. The summed E-state index contributed by atoms with van der Waals surface area (Å²) in [5.41, 5.74) is 1.10. The van der Waals surface area contributed by atoms with Crippen molar-refractivity contribution in [3.8, 4) is 11.5 Å². The van der Waals surface area contributed by atoms with E-state index in [1.54, 1.807) is 21.3 Å². The summed E-state index contributed by atoms with van der Waals surface area (Å²) in [6.07, 6.45) is 3.50. The topological polar surface area (TPSA) is 39.7 Å². The van der Waals surface area contributed by atoms with Crippen molar-refractivity contribution in [1.82, 2.24) is 5.32 Å². The summed E-state index contributed by atoms with van der Waals surface area (Å²) >= 11 is 6.19. The largest absolute Gasteiger partial charge is 0.493 e. The Morgan fingerprint density at radius 1 is 1.20 bits per heavy atom. The first-order valence-electron chi connectivity index (χ1n) is 6.80. The molecule has 112 valence electrons. The van der Waals surface area contributed by atoms with Gasteiger partial charge in [0, 0.05) is 20.2 Å². The lowest BCUT2D eigenvalue weighted by atomic mass is 9.80. The standard InChI is InChI=1S/C15H22ClNO3/c1-18-13-8-11(7-12(16)14(13)19-2)9-17-10-15(20-3)5-4-6-15/h7-8,17H,4-6,9-10H2,1-3H3. The number of hydrogen-bond donors (Lipinski definition) is 1. The van der Waals surface area contributed by atoms with Crippen LogP contribution in [0.4, 0.5) is 0 Å². The fourth-order valence-corrected chi connectivity index (χ4v) is 2.84. The van der Waals surface area contributed by atoms with E-state index in [4.69, 9.17) is 25.8 Å². The number of halogens is 1. The molecule has 4 nitrogen and oxygen atoms in total. The lowest BCUT2D eigenvalue weighted by Gasteiger charge is -2.40. The maximum Gasteiger partial charge on any atom is 0.179 e. The van der Waals surface area contributed by atoms with E-state index in [1.807, 2.05) is 12.1 Å². The minimum absolute atomic E-state index is 0.0281. The van der Waals surface area contributed by atoms with Crippen LogP contribution in [0.5, 0.6) is 11.5 Å². The van der Waals surface area contributed by atoms with Crippen molar-refractivity contribution >= 4 is 11.6 Å². The zero-order valence-corrected chi connectivity index (χ0v) is 13.0. The molecular weight excluding hydrogens is 278 g/mol. The molecule has 0 aromatic heterocycles. The normalized spacial score (nSPS) is 16.6. The summed E-state index contributed by atoms with van der Waals surface area (Å²) < 4.78 is 16.1. The molecule has 1 aromatic carbocycles. The quantitative estimate of drug-likeness (QED) is 0.840. The highest BCUT2D eigenvalue weighted by Gasteiger charge is 2.36. The summed E-state index contributed by atoms with van der Waals surface area (Å²) in [5, 5.41) is 4.00.